The maximum atomic E-state index is 10.6. The van der Waals surface area contributed by atoms with Gasteiger partial charge >= 0.3 is 0 Å². The molecule has 0 amide bonds. The third kappa shape index (κ3) is 3.22. The third-order valence-corrected chi connectivity index (χ3v) is 3.22. The van der Waals surface area contributed by atoms with Gasteiger partial charge in [0.15, 0.2) is 0 Å². The Morgan fingerprint density at radius 1 is 1.15 bits per heavy atom. The molecule has 1 aromatic rings. The number of hydrogen-bond acceptors (Lipinski definition) is 2. The molecule has 6 heteroatoms. The summed E-state index contributed by atoms with van der Waals surface area (Å²) >= 11 is 23.2. The van der Waals surface area contributed by atoms with Crippen LogP contribution in [0.15, 0.2) is 17.0 Å². The van der Waals surface area contributed by atoms with Crippen molar-refractivity contribution in [1.82, 2.24) is 0 Å². The van der Waals surface area contributed by atoms with Gasteiger partial charge in [0.25, 0.3) is 4.57 Å². The average molecular weight is 276 g/mol. The van der Waals surface area contributed by atoms with Crippen LogP contribution >= 0.6 is 58.2 Å². The van der Waals surface area contributed by atoms with Gasteiger partial charge in [0.1, 0.15) is 0 Å². The summed E-state index contributed by atoms with van der Waals surface area (Å²) in [5, 5.41) is 1.05. The number of thioether (sulfide) groups is 1. The lowest BCUT2D eigenvalue weighted by Crippen LogP contribution is -1.80. The number of rotatable bonds is 1. The van der Waals surface area contributed by atoms with Crippen molar-refractivity contribution in [3.05, 3.63) is 27.2 Å². The molecule has 0 aliphatic rings. The van der Waals surface area contributed by atoms with Crippen molar-refractivity contribution in [2.75, 3.05) is 0 Å². The predicted octanol–water partition coefficient (Wildman–Crippen LogP) is 5.10. The van der Waals surface area contributed by atoms with Crippen LogP contribution in [0.25, 0.3) is 0 Å². The second-order valence-corrected chi connectivity index (χ2v) is 4.84. The van der Waals surface area contributed by atoms with Crippen LogP contribution in [-0.4, -0.2) is 4.57 Å². The van der Waals surface area contributed by atoms with Crippen molar-refractivity contribution in [2.24, 2.45) is 0 Å². The third-order valence-electron chi connectivity index (χ3n) is 1.15. The van der Waals surface area contributed by atoms with E-state index in [4.69, 9.17) is 46.4 Å². The first-order valence-corrected chi connectivity index (χ1v) is 5.35. The Labute approximate surface area is 99.3 Å². The molecule has 0 saturated heterocycles. The van der Waals surface area contributed by atoms with E-state index in [1.165, 1.54) is 12.1 Å². The molecule has 1 nitrogen and oxygen atoms in total. The summed E-state index contributed by atoms with van der Waals surface area (Å²) in [6.07, 6.45) is 0. The molecule has 0 N–H and O–H groups in total. The summed E-state index contributed by atoms with van der Waals surface area (Å²) < 4.78 is -0.592. The molecule has 1 aromatic carbocycles. The molecule has 0 spiro atoms. The zero-order chi connectivity index (χ0) is 10.0. The normalized spacial score (nSPS) is 10.2. The maximum Gasteiger partial charge on any atom is 0.284 e. The lowest BCUT2D eigenvalue weighted by Gasteiger charge is -2.03. The summed E-state index contributed by atoms with van der Waals surface area (Å²) in [6, 6.07) is 2.99. The van der Waals surface area contributed by atoms with Crippen LogP contribution in [0.1, 0.15) is 0 Å². The molecule has 13 heavy (non-hydrogen) atoms. The van der Waals surface area contributed by atoms with Crippen LogP contribution in [0.3, 0.4) is 0 Å². The Kier molecular flexibility index (Phi) is 4.20. The molecule has 0 atom stereocenters. The first kappa shape index (κ1) is 11.5. The minimum absolute atomic E-state index is 0.316. The quantitative estimate of drug-likeness (QED) is 0.524. The van der Waals surface area contributed by atoms with E-state index in [-0.39, 0.29) is 0 Å². The molecule has 0 bridgehead atoms. The van der Waals surface area contributed by atoms with Gasteiger partial charge in [-0.3, -0.25) is 4.79 Å². The van der Waals surface area contributed by atoms with Crippen LogP contribution in [0.5, 0.6) is 0 Å². The molecule has 0 heterocycles. The fraction of sp³-hybridized carbons (Fsp3) is 0. The second kappa shape index (κ2) is 4.76. The van der Waals surface area contributed by atoms with E-state index in [1.54, 1.807) is 0 Å². The number of carbonyl (C=O) groups is 1. The van der Waals surface area contributed by atoms with E-state index in [9.17, 15) is 4.79 Å². The summed E-state index contributed by atoms with van der Waals surface area (Å²) in [7, 11) is 0. The van der Waals surface area contributed by atoms with Gasteiger partial charge in [0.05, 0.1) is 14.9 Å². The van der Waals surface area contributed by atoms with Crippen molar-refractivity contribution in [3.8, 4) is 0 Å². The summed E-state index contributed by atoms with van der Waals surface area (Å²) in [6.45, 7) is 0. The molecule has 0 aliphatic carbocycles. The largest absolute Gasteiger partial charge is 0.284 e. The zero-order valence-electron chi connectivity index (χ0n) is 5.98. The van der Waals surface area contributed by atoms with Gasteiger partial charge in [-0.1, -0.05) is 34.8 Å². The highest BCUT2D eigenvalue weighted by Gasteiger charge is 2.11. The second-order valence-electron chi connectivity index (χ2n) is 2.04. The summed E-state index contributed by atoms with van der Waals surface area (Å²) in [4.78, 5) is 11.0. The monoisotopic (exact) mass is 274 g/mol. The topological polar surface area (TPSA) is 17.1 Å². The van der Waals surface area contributed by atoms with E-state index in [1.807, 2.05) is 0 Å². The average Bonchev–Trinajstić information content (AvgIpc) is 1.96. The van der Waals surface area contributed by atoms with Gasteiger partial charge in [-0.05, 0) is 35.5 Å². The molecule has 1 rings (SSSR count). The molecule has 70 valence electrons. The van der Waals surface area contributed by atoms with Gasteiger partial charge in [-0.25, -0.2) is 0 Å². The van der Waals surface area contributed by atoms with E-state index in [0.717, 1.165) is 11.8 Å². The SMILES string of the molecule is O=C(Cl)Sc1c(Cl)cc(Cl)cc1Cl. The molecule has 0 radical (unpaired) electrons. The highest BCUT2D eigenvalue weighted by Crippen LogP contribution is 2.37. The minimum atomic E-state index is -0.592. The molecule has 0 fully saturated rings. The van der Waals surface area contributed by atoms with E-state index in [2.05, 4.69) is 0 Å². The van der Waals surface area contributed by atoms with Crippen molar-refractivity contribution in [1.29, 1.82) is 0 Å². The molecular formula is C7H2Cl4OS. The lowest BCUT2D eigenvalue weighted by molar-refractivity contribution is 0.276. The molecule has 0 aromatic heterocycles. The molecule has 0 saturated carbocycles. The van der Waals surface area contributed by atoms with Crippen LogP contribution in [0, 0.1) is 0 Å². The standard InChI is InChI=1S/C7H2Cl4OS/c8-3-1-4(9)6(5(10)2-3)13-7(11)12/h1-2H. The fourth-order valence-electron chi connectivity index (χ4n) is 0.707. The molecule has 0 unspecified atom stereocenters. The van der Waals surface area contributed by atoms with E-state index >= 15 is 0 Å². The number of benzene rings is 1. The van der Waals surface area contributed by atoms with Crippen molar-refractivity contribution >= 4 is 62.7 Å². The van der Waals surface area contributed by atoms with Gasteiger partial charge in [0, 0.05) is 5.02 Å². The van der Waals surface area contributed by atoms with Crippen LogP contribution < -0.4 is 0 Å². The number of halogens is 4. The van der Waals surface area contributed by atoms with Crippen LogP contribution in [0.2, 0.25) is 15.1 Å². The van der Waals surface area contributed by atoms with E-state index in [0.29, 0.717) is 20.0 Å². The van der Waals surface area contributed by atoms with Crippen molar-refractivity contribution in [3.63, 3.8) is 0 Å². The Balaban J connectivity index is 3.13. The Morgan fingerprint density at radius 3 is 2.00 bits per heavy atom. The van der Waals surface area contributed by atoms with Crippen molar-refractivity contribution in [2.45, 2.75) is 4.90 Å². The van der Waals surface area contributed by atoms with Gasteiger partial charge in [0.2, 0.25) is 0 Å². The van der Waals surface area contributed by atoms with Crippen LogP contribution in [0.4, 0.5) is 4.79 Å². The lowest BCUT2D eigenvalue weighted by atomic mass is 10.4. The van der Waals surface area contributed by atoms with Gasteiger partial charge < -0.3 is 0 Å². The molecular weight excluding hydrogens is 274 g/mol. The number of carbonyl (C=O) groups excluding carboxylic acids is 1. The fourth-order valence-corrected chi connectivity index (χ4v) is 2.46. The highest BCUT2D eigenvalue weighted by atomic mass is 35.5. The Morgan fingerprint density at radius 2 is 1.62 bits per heavy atom. The Bertz CT molecular complexity index is 329. The smallest absolute Gasteiger partial charge is 0.268 e. The van der Waals surface area contributed by atoms with Crippen LogP contribution in [-0.2, 0) is 0 Å². The maximum absolute atomic E-state index is 10.6. The van der Waals surface area contributed by atoms with Gasteiger partial charge in [-0.2, -0.15) is 0 Å². The number of hydrogen-bond donors (Lipinski definition) is 0. The molecule has 0 aliphatic heterocycles. The van der Waals surface area contributed by atoms with Gasteiger partial charge in [-0.15, -0.1) is 0 Å². The Hall–Kier alpha value is 0.400. The minimum Gasteiger partial charge on any atom is -0.268 e. The van der Waals surface area contributed by atoms with E-state index < -0.39 is 4.57 Å². The predicted molar refractivity (Wildman–Crippen MR) is 58.6 cm³/mol. The highest BCUT2D eigenvalue weighted by molar-refractivity contribution is 8.16. The summed E-state index contributed by atoms with van der Waals surface area (Å²) in [5.74, 6) is 0. The first-order chi connectivity index (χ1) is 6.00. The summed E-state index contributed by atoms with van der Waals surface area (Å²) in [5.41, 5.74) is 0. The first-order valence-electron chi connectivity index (χ1n) is 3.02. The zero-order valence-corrected chi connectivity index (χ0v) is 9.82. The van der Waals surface area contributed by atoms with Crippen molar-refractivity contribution < 1.29 is 4.79 Å².